The summed E-state index contributed by atoms with van der Waals surface area (Å²) in [6.07, 6.45) is 1.90. The van der Waals surface area contributed by atoms with E-state index in [2.05, 4.69) is 5.32 Å². The van der Waals surface area contributed by atoms with Crippen molar-refractivity contribution in [2.75, 3.05) is 13.1 Å². The van der Waals surface area contributed by atoms with Gasteiger partial charge < -0.3 is 0 Å². The summed E-state index contributed by atoms with van der Waals surface area (Å²) in [6, 6.07) is 5.53. The molecule has 0 aromatic heterocycles. The van der Waals surface area contributed by atoms with Crippen LogP contribution in [0.25, 0.3) is 0 Å². The van der Waals surface area contributed by atoms with Crippen molar-refractivity contribution < 1.29 is 4.58 Å². The Labute approximate surface area is 86.8 Å². The molecule has 0 saturated carbocycles. The minimum Gasteiger partial charge on any atom is -0.277 e. The fourth-order valence-corrected chi connectivity index (χ4v) is 1.98. The number of para-hydroxylation sites is 1. The number of halogens is 2. The summed E-state index contributed by atoms with van der Waals surface area (Å²) in [5.41, 5.74) is 0.885. The zero-order valence-electron chi connectivity index (χ0n) is 6.93. The van der Waals surface area contributed by atoms with Crippen LogP contribution in [0.15, 0.2) is 18.2 Å². The number of hydrogen-bond acceptors (Lipinski definition) is 1. The Morgan fingerprint density at radius 3 is 2.46 bits per heavy atom. The molecule has 1 aromatic rings. The third-order valence-electron chi connectivity index (χ3n) is 1.97. The number of rotatable bonds is 1. The molecule has 0 aliphatic carbocycles. The van der Waals surface area contributed by atoms with E-state index in [1.54, 1.807) is 0 Å². The van der Waals surface area contributed by atoms with Gasteiger partial charge in [0.2, 0.25) is 6.34 Å². The summed E-state index contributed by atoms with van der Waals surface area (Å²) in [5.74, 6) is 0. The first-order valence-electron chi connectivity index (χ1n) is 4.06. The van der Waals surface area contributed by atoms with Crippen LogP contribution in [0.4, 0.5) is 5.69 Å². The van der Waals surface area contributed by atoms with Gasteiger partial charge in [0, 0.05) is 0 Å². The van der Waals surface area contributed by atoms with Crippen LogP contribution >= 0.6 is 23.2 Å². The van der Waals surface area contributed by atoms with Gasteiger partial charge in [0.05, 0.1) is 10.0 Å². The monoisotopic (exact) mass is 215 g/mol. The summed E-state index contributed by atoms with van der Waals surface area (Å²) in [4.78, 5) is 0. The highest BCUT2D eigenvalue weighted by Crippen LogP contribution is 2.32. The molecule has 0 saturated heterocycles. The molecule has 0 spiro atoms. The molecule has 1 N–H and O–H groups in total. The van der Waals surface area contributed by atoms with Gasteiger partial charge in [0.15, 0.2) is 5.69 Å². The van der Waals surface area contributed by atoms with Gasteiger partial charge in [-0.1, -0.05) is 29.3 Å². The third kappa shape index (κ3) is 1.64. The molecule has 0 bridgehead atoms. The van der Waals surface area contributed by atoms with Gasteiger partial charge in [-0.15, -0.1) is 0 Å². The average Bonchev–Trinajstić information content (AvgIpc) is 2.57. The van der Waals surface area contributed by atoms with Gasteiger partial charge in [0.1, 0.15) is 13.1 Å². The minimum atomic E-state index is 0.687. The standard InChI is InChI=1S/C9H8Cl2N2/c10-7-2-1-3-8(11)9(7)13-5-4-12-6-13/h1-3,6H,4-5H2/p+1. The summed E-state index contributed by atoms with van der Waals surface area (Å²) >= 11 is 12.1. The quantitative estimate of drug-likeness (QED) is 0.711. The van der Waals surface area contributed by atoms with Crippen LogP contribution < -0.4 is 5.32 Å². The SMILES string of the molecule is Clc1cccc(Cl)c1[N+]1=CNCC1. The maximum atomic E-state index is 6.04. The minimum absolute atomic E-state index is 0.687. The smallest absolute Gasteiger partial charge is 0.237 e. The number of nitrogens with one attached hydrogen (secondary N) is 1. The second kappa shape index (κ2) is 3.56. The molecule has 4 heteroatoms. The van der Waals surface area contributed by atoms with Crippen molar-refractivity contribution in [3.8, 4) is 0 Å². The van der Waals surface area contributed by atoms with Crippen molar-refractivity contribution in [3.63, 3.8) is 0 Å². The van der Waals surface area contributed by atoms with E-state index in [0.29, 0.717) is 10.0 Å². The van der Waals surface area contributed by atoms with Gasteiger partial charge in [-0.2, -0.15) is 0 Å². The van der Waals surface area contributed by atoms with Gasteiger partial charge in [-0.3, -0.25) is 5.32 Å². The Morgan fingerprint density at radius 1 is 1.23 bits per heavy atom. The first kappa shape index (κ1) is 8.85. The van der Waals surface area contributed by atoms with Crippen LogP contribution in [0.3, 0.4) is 0 Å². The highest BCUT2D eigenvalue weighted by molar-refractivity contribution is 6.38. The molecule has 2 nitrogen and oxygen atoms in total. The Bertz CT molecular complexity index is 340. The lowest BCUT2D eigenvalue weighted by Crippen LogP contribution is -2.05. The van der Waals surface area contributed by atoms with E-state index < -0.39 is 0 Å². The molecule has 0 unspecified atom stereocenters. The number of nitrogens with zero attached hydrogens (tertiary/aromatic N) is 1. The molecule has 0 radical (unpaired) electrons. The lowest BCUT2D eigenvalue weighted by atomic mass is 10.3. The summed E-state index contributed by atoms with van der Waals surface area (Å²) in [7, 11) is 0. The summed E-state index contributed by atoms with van der Waals surface area (Å²) in [6.45, 7) is 1.84. The maximum Gasteiger partial charge on any atom is 0.237 e. The summed E-state index contributed by atoms with van der Waals surface area (Å²) in [5, 5.41) is 4.48. The Balaban J connectivity index is 2.49. The van der Waals surface area contributed by atoms with Gasteiger partial charge >= 0.3 is 0 Å². The molecule has 0 amide bonds. The van der Waals surface area contributed by atoms with Crippen LogP contribution in [0, 0.1) is 0 Å². The first-order chi connectivity index (χ1) is 6.29. The average molecular weight is 216 g/mol. The van der Waals surface area contributed by atoms with Gasteiger partial charge in [0.25, 0.3) is 0 Å². The van der Waals surface area contributed by atoms with Crippen molar-refractivity contribution in [2.45, 2.75) is 0 Å². The third-order valence-corrected chi connectivity index (χ3v) is 2.58. The molecule has 1 aliphatic rings. The molecule has 1 heterocycles. The van der Waals surface area contributed by atoms with E-state index in [1.807, 2.05) is 29.1 Å². The van der Waals surface area contributed by atoms with Crippen LogP contribution in [0.5, 0.6) is 0 Å². The van der Waals surface area contributed by atoms with Gasteiger partial charge in [-0.05, 0) is 12.1 Å². The number of benzene rings is 1. The van der Waals surface area contributed by atoms with E-state index >= 15 is 0 Å². The highest BCUT2D eigenvalue weighted by atomic mass is 35.5. The van der Waals surface area contributed by atoms with Crippen molar-refractivity contribution in [3.05, 3.63) is 28.2 Å². The van der Waals surface area contributed by atoms with Crippen LogP contribution in [0.2, 0.25) is 10.0 Å². The van der Waals surface area contributed by atoms with E-state index in [9.17, 15) is 0 Å². The van der Waals surface area contributed by atoms with Crippen LogP contribution in [-0.4, -0.2) is 24.0 Å². The second-order valence-corrected chi connectivity index (χ2v) is 3.66. The fraction of sp³-hybridized carbons (Fsp3) is 0.222. The van der Waals surface area contributed by atoms with Crippen LogP contribution in [-0.2, 0) is 0 Å². The normalized spacial score (nSPS) is 15.4. The largest absolute Gasteiger partial charge is 0.277 e. The van der Waals surface area contributed by atoms with Gasteiger partial charge in [-0.25, -0.2) is 4.58 Å². The Morgan fingerprint density at radius 2 is 1.92 bits per heavy atom. The molecular formula is C9H9Cl2N2+. The lowest BCUT2D eigenvalue weighted by Gasteiger charge is -2.04. The Kier molecular flexibility index (Phi) is 2.42. The molecular weight excluding hydrogens is 207 g/mol. The molecule has 68 valence electrons. The fourth-order valence-electron chi connectivity index (χ4n) is 1.36. The molecule has 0 atom stereocenters. The zero-order valence-corrected chi connectivity index (χ0v) is 8.44. The van der Waals surface area contributed by atoms with Crippen molar-refractivity contribution in [1.82, 2.24) is 5.32 Å². The van der Waals surface area contributed by atoms with Crippen molar-refractivity contribution in [2.24, 2.45) is 0 Å². The summed E-state index contributed by atoms with van der Waals surface area (Å²) < 4.78 is 2.02. The predicted octanol–water partition coefficient (Wildman–Crippen LogP) is 2.27. The number of hydrogen-bond donors (Lipinski definition) is 1. The first-order valence-corrected chi connectivity index (χ1v) is 4.82. The van der Waals surface area contributed by atoms with E-state index in [-0.39, 0.29) is 0 Å². The highest BCUT2D eigenvalue weighted by Gasteiger charge is 2.17. The van der Waals surface area contributed by atoms with Crippen LogP contribution in [0.1, 0.15) is 0 Å². The van der Waals surface area contributed by atoms with E-state index in [1.165, 1.54) is 0 Å². The van der Waals surface area contributed by atoms with Crippen molar-refractivity contribution in [1.29, 1.82) is 0 Å². The Hall–Kier alpha value is -0.730. The topological polar surface area (TPSA) is 15.0 Å². The second-order valence-electron chi connectivity index (χ2n) is 2.85. The zero-order chi connectivity index (χ0) is 9.26. The molecule has 13 heavy (non-hydrogen) atoms. The maximum absolute atomic E-state index is 6.04. The lowest BCUT2D eigenvalue weighted by molar-refractivity contribution is -0.423. The molecule has 1 aliphatic heterocycles. The molecule has 2 rings (SSSR count). The van der Waals surface area contributed by atoms with E-state index in [4.69, 9.17) is 23.2 Å². The molecule has 1 aromatic carbocycles. The van der Waals surface area contributed by atoms with E-state index in [0.717, 1.165) is 18.8 Å². The predicted molar refractivity (Wildman–Crippen MR) is 55.3 cm³/mol. The van der Waals surface area contributed by atoms with Crippen molar-refractivity contribution >= 4 is 35.2 Å². The molecule has 0 fully saturated rings.